The summed E-state index contributed by atoms with van der Waals surface area (Å²) in [5.41, 5.74) is 2.28. The lowest BCUT2D eigenvalue weighted by molar-refractivity contribution is -0.116. The number of nitrogens with zero attached hydrogens (tertiary/aromatic N) is 2. The van der Waals surface area contributed by atoms with Crippen molar-refractivity contribution in [2.45, 2.75) is 32.3 Å². The van der Waals surface area contributed by atoms with E-state index in [9.17, 15) is 4.79 Å². The fraction of sp³-hybridized carbons (Fsp3) is 0.227. The van der Waals surface area contributed by atoms with Crippen molar-refractivity contribution in [2.24, 2.45) is 0 Å². The van der Waals surface area contributed by atoms with E-state index in [0.717, 1.165) is 29.3 Å². The Morgan fingerprint density at radius 3 is 2.54 bits per heavy atom. The molecule has 0 saturated carbocycles. The van der Waals surface area contributed by atoms with Crippen molar-refractivity contribution < 1.29 is 9.53 Å². The van der Waals surface area contributed by atoms with Crippen molar-refractivity contribution in [3.05, 3.63) is 82.7 Å². The summed E-state index contributed by atoms with van der Waals surface area (Å²) in [6.07, 6.45) is 8.28. The van der Waals surface area contributed by atoms with E-state index < -0.39 is 0 Å². The van der Waals surface area contributed by atoms with Crippen LogP contribution >= 0.6 is 15.9 Å². The van der Waals surface area contributed by atoms with Crippen molar-refractivity contribution in [3.63, 3.8) is 0 Å². The molecule has 1 N–H and O–H groups in total. The average Bonchev–Trinajstić information content (AvgIpc) is 2.73. The van der Waals surface area contributed by atoms with Gasteiger partial charge in [-0.25, -0.2) is 4.98 Å². The lowest BCUT2D eigenvalue weighted by atomic mass is 10.1. The van der Waals surface area contributed by atoms with Crippen LogP contribution in [0.1, 0.15) is 30.4 Å². The van der Waals surface area contributed by atoms with Crippen molar-refractivity contribution >= 4 is 27.7 Å². The molecular formula is C22H22BrN3O2. The zero-order valence-corrected chi connectivity index (χ0v) is 17.1. The Hall–Kier alpha value is -2.73. The van der Waals surface area contributed by atoms with Gasteiger partial charge in [0, 0.05) is 29.5 Å². The van der Waals surface area contributed by atoms with Crippen LogP contribution in [-0.4, -0.2) is 15.9 Å². The number of hydrogen-bond donors (Lipinski definition) is 1. The van der Waals surface area contributed by atoms with Crippen molar-refractivity contribution in [3.8, 4) is 5.75 Å². The second-order valence-electron chi connectivity index (χ2n) is 6.38. The third-order valence-electron chi connectivity index (χ3n) is 4.20. The van der Waals surface area contributed by atoms with Crippen LogP contribution in [0.15, 0.2) is 71.6 Å². The number of nitrogens with one attached hydrogen (secondary N) is 1. The first-order valence-corrected chi connectivity index (χ1v) is 10.0. The third-order valence-corrected chi connectivity index (χ3v) is 4.73. The molecule has 0 spiro atoms. The maximum atomic E-state index is 12.3. The highest BCUT2D eigenvalue weighted by Crippen LogP contribution is 2.22. The van der Waals surface area contributed by atoms with E-state index in [1.54, 1.807) is 30.7 Å². The van der Waals surface area contributed by atoms with Gasteiger partial charge in [-0.05, 0) is 66.8 Å². The van der Waals surface area contributed by atoms with E-state index in [4.69, 9.17) is 4.74 Å². The summed E-state index contributed by atoms with van der Waals surface area (Å²) < 4.78 is 6.89. The minimum absolute atomic E-state index is 0.0525. The van der Waals surface area contributed by atoms with Crippen molar-refractivity contribution in [1.29, 1.82) is 0 Å². The Balaban J connectivity index is 1.45. The Labute approximate surface area is 173 Å². The summed E-state index contributed by atoms with van der Waals surface area (Å²) in [5, 5.41) is 2.86. The average molecular weight is 440 g/mol. The van der Waals surface area contributed by atoms with Gasteiger partial charge in [-0.2, -0.15) is 0 Å². The minimum atomic E-state index is -0.0525. The largest absolute Gasteiger partial charge is 0.485 e. The number of carbonyl (C=O) groups is 1. The summed E-state index contributed by atoms with van der Waals surface area (Å²) in [7, 11) is 0. The maximum absolute atomic E-state index is 12.3. The molecule has 0 aliphatic heterocycles. The molecular weight excluding hydrogens is 418 g/mol. The van der Waals surface area contributed by atoms with Crippen molar-refractivity contribution in [1.82, 2.24) is 9.97 Å². The molecule has 28 heavy (non-hydrogen) atoms. The molecule has 6 heteroatoms. The number of benzene rings is 1. The first kappa shape index (κ1) is 20.0. The molecule has 3 aromatic rings. The molecule has 144 valence electrons. The van der Waals surface area contributed by atoms with E-state index in [-0.39, 0.29) is 5.91 Å². The number of carbonyl (C=O) groups excluding carboxylic acids is 1. The maximum Gasteiger partial charge on any atom is 0.225 e. The van der Waals surface area contributed by atoms with Crippen LogP contribution in [0.3, 0.4) is 0 Å². The molecule has 0 atom stereocenters. The summed E-state index contributed by atoms with van der Waals surface area (Å²) in [6, 6.07) is 15.6. The van der Waals surface area contributed by atoms with E-state index in [0.29, 0.717) is 24.6 Å². The molecule has 0 aliphatic rings. The van der Waals surface area contributed by atoms with Gasteiger partial charge in [0.05, 0.1) is 0 Å². The van der Waals surface area contributed by atoms with Crippen molar-refractivity contribution in [2.75, 3.05) is 5.32 Å². The second kappa shape index (κ2) is 10.6. The molecule has 1 aromatic carbocycles. The van der Waals surface area contributed by atoms with Gasteiger partial charge in [-0.15, -0.1) is 0 Å². The summed E-state index contributed by atoms with van der Waals surface area (Å²) in [5.74, 6) is 0.959. The molecule has 5 nitrogen and oxygen atoms in total. The van der Waals surface area contributed by atoms with Gasteiger partial charge in [0.2, 0.25) is 5.91 Å². The minimum Gasteiger partial charge on any atom is -0.485 e. The molecule has 0 bridgehead atoms. The van der Waals surface area contributed by atoms with E-state index >= 15 is 0 Å². The first-order chi connectivity index (χ1) is 13.7. The number of pyridine rings is 2. The molecule has 0 saturated heterocycles. The molecule has 2 heterocycles. The van der Waals surface area contributed by atoms with Gasteiger partial charge in [0.1, 0.15) is 6.61 Å². The predicted molar refractivity (Wildman–Crippen MR) is 113 cm³/mol. The molecule has 0 aliphatic carbocycles. The van der Waals surface area contributed by atoms with Crippen LogP contribution in [-0.2, 0) is 17.8 Å². The number of aromatic nitrogens is 2. The number of rotatable bonds is 9. The lowest BCUT2D eigenvalue weighted by Gasteiger charge is -2.11. The number of aryl methyl sites for hydroxylation is 1. The number of halogens is 1. The molecule has 1 amide bonds. The Morgan fingerprint density at radius 2 is 1.75 bits per heavy atom. The van der Waals surface area contributed by atoms with Gasteiger partial charge in [0.15, 0.2) is 11.6 Å². The Morgan fingerprint density at radius 1 is 0.964 bits per heavy atom. The number of amides is 1. The second-order valence-corrected chi connectivity index (χ2v) is 7.29. The van der Waals surface area contributed by atoms with E-state index in [2.05, 4.69) is 43.3 Å². The van der Waals surface area contributed by atoms with Crippen LogP contribution in [0.2, 0.25) is 0 Å². The van der Waals surface area contributed by atoms with Gasteiger partial charge in [-0.1, -0.05) is 28.1 Å². The number of hydrogen-bond acceptors (Lipinski definition) is 4. The number of anilines is 1. The molecule has 3 rings (SSSR count). The van der Waals surface area contributed by atoms with Crippen LogP contribution in [0.25, 0.3) is 0 Å². The van der Waals surface area contributed by atoms with Gasteiger partial charge in [-0.3, -0.25) is 9.78 Å². The third kappa shape index (κ3) is 6.46. The Kier molecular flexibility index (Phi) is 7.55. The number of unbranched alkanes of at least 4 members (excludes halogenated alkanes) is 1. The SMILES string of the molecule is O=C(CCCCc1ccc(Br)cc1)Nc1ncccc1OCc1ccncc1. The fourth-order valence-corrected chi connectivity index (χ4v) is 2.97. The smallest absolute Gasteiger partial charge is 0.225 e. The summed E-state index contributed by atoms with van der Waals surface area (Å²) >= 11 is 3.44. The lowest BCUT2D eigenvalue weighted by Crippen LogP contribution is -2.13. The molecule has 0 unspecified atom stereocenters. The monoisotopic (exact) mass is 439 g/mol. The normalized spacial score (nSPS) is 10.5. The quantitative estimate of drug-likeness (QED) is 0.467. The van der Waals surface area contributed by atoms with Gasteiger partial charge >= 0.3 is 0 Å². The Bertz CT molecular complexity index is 886. The van der Waals surface area contributed by atoms with E-state index in [1.165, 1.54) is 5.56 Å². The highest BCUT2D eigenvalue weighted by Gasteiger charge is 2.09. The zero-order valence-electron chi connectivity index (χ0n) is 15.5. The van der Waals surface area contributed by atoms with Crippen LogP contribution < -0.4 is 10.1 Å². The van der Waals surface area contributed by atoms with Crippen LogP contribution in [0.5, 0.6) is 5.75 Å². The molecule has 2 aromatic heterocycles. The highest BCUT2D eigenvalue weighted by molar-refractivity contribution is 9.10. The van der Waals surface area contributed by atoms with E-state index in [1.807, 2.05) is 24.3 Å². The first-order valence-electron chi connectivity index (χ1n) is 9.22. The standard InChI is InChI=1S/C22H22BrN3O2/c23-19-9-7-17(8-10-19)4-1-2-6-21(27)26-22-20(5-3-13-25-22)28-16-18-11-14-24-15-12-18/h3,5,7-15H,1-2,4,6,16H2,(H,25,26,27). The van der Waals surface area contributed by atoms with Gasteiger partial charge < -0.3 is 10.1 Å². The van der Waals surface area contributed by atoms with Gasteiger partial charge in [0.25, 0.3) is 0 Å². The molecule has 0 radical (unpaired) electrons. The predicted octanol–water partition coefficient (Wildman–Crippen LogP) is 5.17. The summed E-state index contributed by atoms with van der Waals surface area (Å²) in [6.45, 7) is 0.393. The van der Waals surface area contributed by atoms with Crippen LogP contribution in [0, 0.1) is 0 Å². The van der Waals surface area contributed by atoms with Crippen LogP contribution in [0.4, 0.5) is 5.82 Å². The number of ether oxygens (including phenoxy) is 1. The highest BCUT2D eigenvalue weighted by atomic mass is 79.9. The molecule has 0 fully saturated rings. The fourth-order valence-electron chi connectivity index (χ4n) is 2.70. The topological polar surface area (TPSA) is 64.1 Å². The summed E-state index contributed by atoms with van der Waals surface area (Å²) in [4.78, 5) is 20.5. The zero-order chi connectivity index (χ0) is 19.6.